The van der Waals surface area contributed by atoms with Crippen molar-refractivity contribution in [2.24, 2.45) is 23.5 Å². The predicted octanol–water partition coefficient (Wildman–Crippen LogP) is 4.31. The Morgan fingerprint density at radius 2 is 2.00 bits per heavy atom. The molecule has 3 rings (SSSR count). The summed E-state index contributed by atoms with van der Waals surface area (Å²) in [6.45, 7) is 4.74. The molecule has 1 aliphatic carbocycles. The third kappa shape index (κ3) is 2.57. The molecule has 0 radical (unpaired) electrons. The molecule has 0 spiro atoms. The zero-order valence-corrected chi connectivity index (χ0v) is 12.4. The molecule has 106 valence electrons. The lowest BCUT2D eigenvalue weighted by Gasteiger charge is -2.35. The summed E-state index contributed by atoms with van der Waals surface area (Å²) in [6.07, 6.45) is 5.67. The maximum absolute atomic E-state index is 6.55. The fourth-order valence-corrected chi connectivity index (χ4v) is 3.49. The Morgan fingerprint density at radius 1 is 1.15 bits per heavy atom. The molecule has 1 aromatic carbocycles. The van der Waals surface area contributed by atoms with E-state index in [1.165, 1.54) is 30.2 Å². The number of hydrogen-bond acceptors (Lipinski definition) is 2. The Morgan fingerprint density at radius 3 is 2.80 bits per heavy atom. The van der Waals surface area contributed by atoms with Crippen LogP contribution in [0.25, 0.3) is 10.9 Å². The average molecular weight is 268 g/mol. The van der Waals surface area contributed by atoms with Gasteiger partial charge < -0.3 is 5.73 Å². The van der Waals surface area contributed by atoms with Gasteiger partial charge in [-0.3, -0.25) is 4.98 Å². The van der Waals surface area contributed by atoms with Gasteiger partial charge >= 0.3 is 0 Å². The van der Waals surface area contributed by atoms with E-state index in [0.717, 1.165) is 17.4 Å². The van der Waals surface area contributed by atoms with Crippen LogP contribution < -0.4 is 5.73 Å². The molecule has 0 bridgehead atoms. The Hall–Kier alpha value is -1.41. The molecule has 1 saturated carbocycles. The average Bonchev–Trinajstić information content (AvgIpc) is 2.49. The topological polar surface area (TPSA) is 38.9 Å². The molecule has 20 heavy (non-hydrogen) atoms. The summed E-state index contributed by atoms with van der Waals surface area (Å²) in [4.78, 5) is 4.38. The highest BCUT2D eigenvalue weighted by molar-refractivity contribution is 5.79. The van der Waals surface area contributed by atoms with Gasteiger partial charge in [-0.05, 0) is 54.4 Å². The standard InChI is InChI=1S/C18H24N2/c1-12-5-6-15(10-13(12)2)18(19)16-7-8-17-14(11-16)4-3-9-20-17/h3-4,7-9,11-13,15,18H,5-6,10,19H2,1-2H3. The van der Waals surface area contributed by atoms with Crippen molar-refractivity contribution < 1.29 is 0 Å². The normalized spacial score (nSPS) is 28.4. The minimum absolute atomic E-state index is 0.162. The van der Waals surface area contributed by atoms with Crippen molar-refractivity contribution in [2.75, 3.05) is 0 Å². The Bertz CT molecular complexity index is 593. The lowest BCUT2D eigenvalue weighted by atomic mass is 9.72. The van der Waals surface area contributed by atoms with Crippen molar-refractivity contribution >= 4 is 10.9 Å². The first kappa shape index (κ1) is 13.6. The molecular weight excluding hydrogens is 244 g/mol. The zero-order chi connectivity index (χ0) is 14.1. The smallest absolute Gasteiger partial charge is 0.0702 e. The van der Waals surface area contributed by atoms with Crippen LogP contribution in [-0.4, -0.2) is 4.98 Å². The van der Waals surface area contributed by atoms with Gasteiger partial charge in [0, 0.05) is 17.6 Å². The molecule has 4 atom stereocenters. The lowest BCUT2D eigenvalue weighted by molar-refractivity contribution is 0.186. The highest BCUT2D eigenvalue weighted by Gasteiger charge is 2.29. The number of nitrogens with two attached hydrogens (primary N) is 1. The number of fused-ring (bicyclic) bond motifs is 1. The molecule has 1 fully saturated rings. The number of nitrogens with zero attached hydrogens (tertiary/aromatic N) is 1. The molecule has 2 nitrogen and oxygen atoms in total. The Balaban J connectivity index is 1.83. The second-order valence-electron chi connectivity index (χ2n) is 6.51. The minimum Gasteiger partial charge on any atom is -0.324 e. The lowest BCUT2D eigenvalue weighted by Crippen LogP contribution is -2.29. The molecule has 0 aliphatic heterocycles. The van der Waals surface area contributed by atoms with E-state index in [2.05, 4.69) is 43.1 Å². The van der Waals surface area contributed by atoms with E-state index in [1.54, 1.807) is 0 Å². The van der Waals surface area contributed by atoms with Crippen molar-refractivity contribution in [2.45, 2.75) is 39.2 Å². The summed E-state index contributed by atoms with van der Waals surface area (Å²) >= 11 is 0. The van der Waals surface area contributed by atoms with Crippen molar-refractivity contribution in [1.29, 1.82) is 0 Å². The van der Waals surface area contributed by atoms with Gasteiger partial charge in [-0.2, -0.15) is 0 Å². The first-order valence-electron chi connectivity index (χ1n) is 7.75. The number of rotatable bonds is 2. The first-order chi connectivity index (χ1) is 9.65. The highest BCUT2D eigenvalue weighted by Crippen LogP contribution is 2.39. The van der Waals surface area contributed by atoms with Crippen molar-refractivity contribution in [3.8, 4) is 0 Å². The van der Waals surface area contributed by atoms with Gasteiger partial charge in [0.05, 0.1) is 5.52 Å². The molecule has 4 unspecified atom stereocenters. The number of aromatic nitrogens is 1. The van der Waals surface area contributed by atoms with Crippen LogP contribution in [0.3, 0.4) is 0 Å². The van der Waals surface area contributed by atoms with E-state index in [4.69, 9.17) is 5.73 Å². The largest absolute Gasteiger partial charge is 0.324 e. The quantitative estimate of drug-likeness (QED) is 0.881. The van der Waals surface area contributed by atoms with Crippen LogP contribution in [0.5, 0.6) is 0 Å². The summed E-state index contributed by atoms with van der Waals surface area (Å²) in [7, 11) is 0. The zero-order valence-electron chi connectivity index (χ0n) is 12.4. The summed E-state index contributed by atoms with van der Waals surface area (Å²) in [5.41, 5.74) is 8.86. The van der Waals surface area contributed by atoms with Gasteiger partial charge in [0.1, 0.15) is 0 Å². The molecule has 1 heterocycles. The van der Waals surface area contributed by atoms with Crippen molar-refractivity contribution in [3.05, 3.63) is 42.1 Å². The molecule has 2 aromatic rings. The molecule has 2 heteroatoms. The molecular formula is C18H24N2. The second-order valence-corrected chi connectivity index (χ2v) is 6.51. The number of benzene rings is 1. The van der Waals surface area contributed by atoms with E-state index in [1.807, 2.05) is 12.3 Å². The van der Waals surface area contributed by atoms with E-state index < -0.39 is 0 Å². The Kier molecular flexibility index (Phi) is 3.75. The highest BCUT2D eigenvalue weighted by atomic mass is 14.7. The minimum atomic E-state index is 0.162. The molecule has 0 saturated heterocycles. The van der Waals surface area contributed by atoms with Crippen LogP contribution in [0.4, 0.5) is 0 Å². The van der Waals surface area contributed by atoms with Gasteiger partial charge in [-0.1, -0.05) is 32.4 Å². The summed E-state index contributed by atoms with van der Waals surface area (Å²) in [5.74, 6) is 2.26. The number of hydrogen-bond donors (Lipinski definition) is 1. The fraction of sp³-hybridized carbons (Fsp3) is 0.500. The molecule has 2 N–H and O–H groups in total. The van der Waals surface area contributed by atoms with E-state index in [-0.39, 0.29) is 6.04 Å². The SMILES string of the molecule is CC1CCC(C(N)c2ccc3ncccc3c2)CC1C. The van der Waals surface area contributed by atoms with Crippen LogP contribution in [0.1, 0.15) is 44.7 Å². The molecule has 1 aromatic heterocycles. The third-order valence-corrected chi connectivity index (χ3v) is 5.16. The van der Waals surface area contributed by atoms with Crippen molar-refractivity contribution in [1.82, 2.24) is 4.98 Å². The first-order valence-corrected chi connectivity index (χ1v) is 7.75. The summed E-state index contributed by atoms with van der Waals surface area (Å²) in [5, 5.41) is 1.19. The van der Waals surface area contributed by atoms with Crippen LogP contribution in [0, 0.1) is 17.8 Å². The van der Waals surface area contributed by atoms with Crippen molar-refractivity contribution in [3.63, 3.8) is 0 Å². The van der Waals surface area contributed by atoms with E-state index in [0.29, 0.717) is 5.92 Å². The van der Waals surface area contributed by atoms with Crippen LogP contribution in [0.2, 0.25) is 0 Å². The maximum Gasteiger partial charge on any atom is 0.0702 e. The van der Waals surface area contributed by atoms with Gasteiger partial charge in [0.25, 0.3) is 0 Å². The van der Waals surface area contributed by atoms with E-state index >= 15 is 0 Å². The van der Waals surface area contributed by atoms with Gasteiger partial charge in [0.2, 0.25) is 0 Å². The van der Waals surface area contributed by atoms with Crippen LogP contribution in [0.15, 0.2) is 36.5 Å². The van der Waals surface area contributed by atoms with Gasteiger partial charge in [-0.25, -0.2) is 0 Å². The third-order valence-electron chi connectivity index (χ3n) is 5.16. The van der Waals surface area contributed by atoms with Gasteiger partial charge in [-0.15, -0.1) is 0 Å². The predicted molar refractivity (Wildman–Crippen MR) is 84.3 cm³/mol. The maximum atomic E-state index is 6.55. The summed E-state index contributed by atoms with van der Waals surface area (Å²) in [6, 6.07) is 10.7. The summed E-state index contributed by atoms with van der Waals surface area (Å²) < 4.78 is 0. The monoisotopic (exact) mass is 268 g/mol. The molecule has 0 amide bonds. The van der Waals surface area contributed by atoms with Crippen LogP contribution >= 0.6 is 0 Å². The fourth-order valence-electron chi connectivity index (χ4n) is 3.49. The van der Waals surface area contributed by atoms with Gasteiger partial charge in [0.15, 0.2) is 0 Å². The number of pyridine rings is 1. The second kappa shape index (κ2) is 5.53. The van der Waals surface area contributed by atoms with Crippen LogP contribution in [-0.2, 0) is 0 Å². The van der Waals surface area contributed by atoms with E-state index in [9.17, 15) is 0 Å². The Labute approximate surface area is 121 Å². The molecule has 1 aliphatic rings.